The van der Waals surface area contributed by atoms with E-state index in [1.54, 1.807) is 0 Å². The average Bonchev–Trinajstić information content (AvgIpc) is 2.43. The van der Waals surface area contributed by atoms with Crippen LogP contribution in [0.25, 0.3) is 0 Å². The van der Waals surface area contributed by atoms with Crippen molar-refractivity contribution in [2.45, 2.75) is 32.7 Å². The number of carboxylic acids is 1. The monoisotopic (exact) mass is 290 g/mol. The third-order valence-corrected chi connectivity index (χ3v) is 4.05. The van der Waals surface area contributed by atoms with E-state index in [9.17, 15) is 9.59 Å². The number of nitrogens with zero attached hydrogens (tertiary/aromatic N) is 1. The molecule has 1 fully saturated rings. The fraction of sp³-hybridized carbons (Fsp3) is 0.500. The predicted octanol–water partition coefficient (Wildman–Crippen LogP) is 2.12. The van der Waals surface area contributed by atoms with E-state index in [0.29, 0.717) is 25.9 Å². The normalized spacial score (nSPS) is 22.8. The summed E-state index contributed by atoms with van der Waals surface area (Å²) >= 11 is 0. The van der Waals surface area contributed by atoms with E-state index in [1.807, 2.05) is 43.0 Å². The van der Waals surface area contributed by atoms with Gasteiger partial charge in [0.2, 0.25) is 5.91 Å². The summed E-state index contributed by atoms with van der Waals surface area (Å²) in [6.45, 7) is 4.94. The van der Waals surface area contributed by atoms with Crippen LogP contribution in [0.4, 0.5) is 5.69 Å². The van der Waals surface area contributed by atoms with E-state index in [2.05, 4.69) is 5.32 Å². The first-order valence-corrected chi connectivity index (χ1v) is 7.29. The maximum atomic E-state index is 12.1. The standard InChI is InChI=1S/C16H22N2O3/c1-11-3-5-14(6-4-11)17-15(19)10-18-8-7-13(16(20)21)9-12(18)2/h3-6,12-13H,7-10H2,1-2H3,(H,17,19)(H,20,21). The lowest BCUT2D eigenvalue weighted by Crippen LogP contribution is -2.46. The number of rotatable bonds is 4. The molecule has 1 saturated heterocycles. The predicted molar refractivity (Wildman–Crippen MR) is 81.2 cm³/mol. The van der Waals surface area contributed by atoms with Gasteiger partial charge in [-0.05, 0) is 45.4 Å². The zero-order valence-electron chi connectivity index (χ0n) is 12.5. The molecule has 1 heterocycles. The van der Waals surface area contributed by atoms with Crippen molar-refractivity contribution in [2.24, 2.45) is 5.92 Å². The van der Waals surface area contributed by atoms with Crippen molar-refractivity contribution < 1.29 is 14.7 Å². The highest BCUT2D eigenvalue weighted by Crippen LogP contribution is 2.22. The van der Waals surface area contributed by atoms with Crippen LogP contribution in [0, 0.1) is 12.8 Å². The first kappa shape index (κ1) is 15.5. The van der Waals surface area contributed by atoms with Crippen LogP contribution >= 0.6 is 0 Å². The SMILES string of the molecule is Cc1ccc(NC(=O)CN2CCC(C(=O)O)CC2C)cc1. The summed E-state index contributed by atoms with van der Waals surface area (Å²) in [7, 11) is 0. The minimum atomic E-state index is -0.731. The molecule has 21 heavy (non-hydrogen) atoms. The molecule has 2 rings (SSSR count). The van der Waals surface area contributed by atoms with E-state index >= 15 is 0 Å². The van der Waals surface area contributed by atoms with Crippen LogP contribution in [0.2, 0.25) is 0 Å². The molecule has 1 aliphatic heterocycles. The molecule has 5 nitrogen and oxygen atoms in total. The Hall–Kier alpha value is -1.88. The Morgan fingerprint density at radius 1 is 1.33 bits per heavy atom. The first-order valence-electron chi connectivity index (χ1n) is 7.29. The van der Waals surface area contributed by atoms with Crippen LogP contribution in [0.1, 0.15) is 25.3 Å². The van der Waals surface area contributed by atoms with Gasteiger partial charge in [-0.25, -0.2) is 0 Å². The number of benzene rings is 1. The lowest BCUT2D eigenvalue weighted by atomic mass is 9.92. The number of carboxylic acid groups (broad SMARTS) is 1. The van der Waals surface area contributed by atoms with Crippen LogP contribution in [-0.4, -0.2) is 41.0 Å². The highest BCUT2D eigenvalue weighted by molar-refractivity contribution is 5.92. The van der Waals surface area contributed by atoms with Crippen LogP contribution in [0.15, 0.2) is 24.3 Å². The summed E-state index contributed by atoms with van der Waals surface area (Å²) < 4.78 is 0. The molecule has 0 saturated carbocycles. The number of hydrogen-bond donors (Lipinski definition) is 2. The fourth-order valence-corrected chi connectivity index (χ4v) is 2.70. The Bertz CT molecular complexity index is 513. The number of nitrogens with one attached hydrogen (secondary N) is 1. The molecule has 114 valence electrons. The number of aryl methyl sites for hydroxylation is 1. The Balaban J connectivity index is 1.85. The number of aliphatic carboxylic acids is 1. The molecule has 0 spiro atoms. The first-order chi connectivity index (χ1) is 9.95. The second-order valence-electron chi connectivity index (χ2n) is 5.79. The van der Waals surface area contributed by atoms with E-state index in [4.69, 9.17) is 5.11 Å². The average molecular weight is 290 g/mol. The molecule has 0 aliphatic carbocycles. The van der Waals surface area contributed by atoms with Gasteiger partial charge in [0.15, 0.2) is 0 Å². The molecule has 5 heteroatoms. The number of carbonyl (C=O) groups excluding carboxylic acids is 1. The molecule has 2 N–H and O–H groups in total. The fourth-order valence-electron chi connectivity index (χ4n) is 2.70. The van der Waals surface area contributed by atoms with E-state index in [-0.39, 0.29) is 17.9 Å². The molecule has 1 aliphatic rings. The van der Waals surface area contributed by atoms with Crippen LogP contribution in [-0.2, 0) is 9.59 Å². The van der Waals surface area contributed by atoms with Gasteiger partial charge in [-0.15, -0.1) is 0 Å². The Labute approximate surface area is 125 Å². The number of hydrogen-bond acceptors (Lipinski definition) is 3. The van der Waals surface area contributed by atoms with E-state index in [1.165, 1.54) is 0 Å². The molecular weight excluding hydrogens is 268 g/mol. The summed E-state index contributed by atoms with van der Waals surface area (Å²) in [5.74, 6) is -1.07. The summed E-state index contributed by atoms with van der Waals surface area (Å²) in [5, 5.41) is 11.9. The number of likely N-dealkylation sites (tertiary alicyclic amines) is 1. The number of piperidine rings is 1. The summed E-state index contributed by atoms with van der Waals surface area (Å²) in [4.78, 5) is 25.1. The van der Waals surface area contributed by atoms with Gasteiger partial charge in [0.05, 0.1) is 12.5 Å². The lowest BCUT2D eigenvalue weighted by molar-refractivity contribution is -0.144. The summed E-state index contributed by atoms with van der Waals surface area (Å²) in [6, 6.07) is 7.79. The molecule has 1 amide bonds. The Morgan fingerprint density at radius 2 is 2.00 bits per heavy atom. The molecule has 1 aromatic rings. The van der Waals surface area contributed by atoms with Gasteiger partial charge in [-0.2, -0.15) is 0 Å². The van der Waals surface area contributed by atoms with E-state index < -0.39 is 5.97 Å². The smallest absolute Gasteiger partial charge is 0.306 e. The van der Waals surface area contributed by atoms with Gasteiger partial charge in [-0.3, -0.25) is 14.5 Å². The van der Waals surface area contributed by atoms with Crippen LogP contribution < -0.4 is 5.32 Å². The molecule has 0 radical (unpaired) electrons. The number of amides is 1. The molecule has 1 aromatic carbocycles. The molecule has 0 aromatic heterocycles. The highest BCUT2D eigenvalue weighted by atomic mass is 16.4. The maximum Gasteiger partial charge on any atom is 0.306 e. The van der Waals surface area contributed by atoms with Gasteiger partial charge >= 0.3 is 5.97 Å². The van der Waals surface area contributed by atoms with Crippen molar-refractivity contribution in [3.8, 4) is 0 Å². The van der Waals surface area contributed by atoms with Crippen molar-refractivity contribution in [1.29, 1.82) is 0 Å². The zero-order valence-corrected chi connectivity index (χ0v) is 12.5. The van der Waals surface area contributed by atoms with E-state index in [0.717, 1.165) is 11.3 Å². The highest BCUT2D eigenvalue weighted by Gasteiger charge is 2.30. The van der Waals surface area contributed by atoms with Gasteiger partial charge < -0.3 is 10.4 Å². The van der Waals surface area contributed by atoms with Crippen molar-refractivity contribution in [1.82, 2.24) is 4.90 Å². The Morgan fingerprint density at radius 3 is 2.57 bits per heavy atom. The maximum absolute atomic E-state index is 12.1. The quantitative estimate of drug-likeness (QED) is 0.891. The second-order valence-corrected chi connectivity index (χ2v) is 5.79. The van der Waals surface area contributed by atoms with Gasteiger partial charge in [0.1, 0.15) is 0 Å². The van der Waals surface area contributed by atoms with Crippen molar-refractivity contribution in [3.05, 3.63) is 29.8 Å². The van der Waals surface area contributed by atoms with Crippen molar-refractivity contribution in [2.75, 3.05) is 18.4 Å². The molecule has 2 unspecified atom stereocenters. The molecule has 2 atom stereocenters. The zero-order chi connectivity index (χ0) is 15.4. The topological polar surface area (TPSA) is 69.6 Å². The van der Waals surface area contributed by atoms with Crippen molar-refractivity contribution >= 4 is 17.6 Å². The van der Waals surface area contributed by atoms with Gasteiger partial charge in [0.25, 0.3) is 0 Å². The lowest BCUT2D eigenvalue weighted by Gasteiger charge is -2.35. The summed E-state index contributed by atoms with van der Waals surface area (Å²) in [6.07, 6.45) is 1.21. The van der Waals surface area contributed by atoms with Crippen LogP contribution in [0.3, 0.4) is 0 Å². The Kier molecular flexibility index (Phi) is 4.96. The number of carbonyl (C=O) groups is 2. The van der Waals surface area contributed by atoms with Crippen LogP contribution in [0.5, 0.6) is 0 Å². The largest absolute Gasteiger partial charge is 0.481 e. The molecule has 0 bridgehead atoms. The minimum Gasteiger partial charge on any atom is -0.481 e. The third kappa shape index (κ3) is 4.29. The second kappa shape index (κ2) is 6.72. The summed E-state index contributed by atoms with van der Waals surface area (Å²) in [5.41, 5.74) is 1.94. The van der Waals surface area contributed by atoms with Gasteiger partial charge in [0, 0.05) is 11.7 Å². The number of anilines is 1. The minimum absolute atomic E-state index is 0.0560. The third-order valence-electron chi connectivity index (χ3n) is 4.05. The van der Waals surface area contributed by atoms with Crippen molar-refractivity contribution in [3.63, 3.8) is 0 Å². The molecular formula is C16H22N2O3. The van der Waals surface area contributed by atoms with Gasteiger partial charge in [-0.1, -0.05) is 17.7 Å².